The van der Waals surface area contributed by atoms with Crippen molar-refractivity contribution >= 4 is 11.9 Å². The van der Waals surface area contributed by atoms with Gasteiger partial charge in [-0.3, -0.25) is 9.69 Å². The fourth-order valence-corrected chi connectivity index (χ4v) is 4.60. The molecule has 2 N–H and O–H groups in total. The van der Waals surface area contributed by atoms with Crippen LogP contribution in [-0.2, 0) is 11.2 Å². The van der Waals surface area contributed by atoms with Crippen molar-refractivity contribution in [3.63, 3.8) is 0 Å². The van der Waals surface area contributed by atoms with Gasteiger partial charge in [-0.15, -0.1) is 0 Å². The van der Waals surface area contributed by atoms with E-state index < -0.39 is 5.72 Å². The zero-order valence-electron chi connectivity index (χ0n) is 19.6. The molecular weight excluding hydrogens is 418 g/mol. The molecule has 2 bridgehead atoms. The minimum Gasteiger partial charge on any atom is -0.490 e. The van der Waals surface area contributed by atoms with Crippen LogP contribution < -0.4 is 20.1 Å². The molecule has 0 aromatic heterocycles. The monoisotopic (exact) mass is 451 g/mol. The average molecular weight is 452 g/mol. The number of nitrogens with zero attached hydrogens (tertiary/aromatic N) is 1. The van der Waals surface area contributed by atoms with Crippen molar-refractivity contribution in [3.8, 4) is 11.5 Å². The molecule has 1 saturated heterocycles. The number of urea groups is 1. The van der Waals surface area contributed by atoms with Gasteiger partial charge in [-0.1, -0.05) is 42.0 Å². The van der Waals surface area contributed by atoms with Crippen molar-refractivity contribution in [1.29, 1.82) is 0 Å². The van der Waals surface area contributed by atoms with Gasteiger partial charge in [0.05, 0.1) is 12.6 Å². The fraction of sp³-hybridized carbons (Fsp3) is 0.462. The summed E-state index contributed by atoms with van der Waals surface area (Å²) in [5.41, 5.74) is 2.59. The number of amides is 3. The van der Waals surface area contributed by atoms with Gasteiger partial charge in [0, 0.05) is 31.5 Å². The molecule has 7 nitrogen and oxygen atoms in total. The Kier molecular flexibility index (Phi) is 6.77. The standard InChI is InChI=1S/C26H33N3O4/c1-4-32-22-8-5-7-20-21-17-26(3,33-24(20)22)29(25(31)28-21)16-6-9-23(30)27-15-14-19-12-10-18(2)11-13-19/h5,7-8,10-13,21H,4,6,9,14-17H2,1-3H3,(H,27,30)(H,28,31)/t21?,26-/m1/s1. The van der Waals surface area contributed by atoms with Crippen LogP contribution in [0.3, 0.4) is 0 Å². The fourth-order valence-electron chi connectivity index (χ4n) is 4.60. The molecule has 1 fully saturated rings. The molecule has 0 spiro atoms. The summed E-state index contributed by atoms with van der Waals surface area (Å²) in [7, 11) is 0. The first kappa shape index (κ1) is 23.0. The predicted molar refractivity (Wildman–Crippen MR) is 126 cm³/mol. The summed E-state index contributed by atoms with van der Waals surface area (Å²) < 4.78 is 12.1. The average Bonchev–Trinajstić information content (AvgIpc) is 2.78. The maximum absolute atomic E-state index is 12.9. The number of benzene rings is 2. The third-order valence-electron chi connectivity index (χ3n) is 6.35. The molecule has 2 aliphatic heterocycles. The summed E-state index contributed by atoms with van der Waals surface area (Å²) >= 11 is 0. The molecule has 176 valence electrons. The van der Waals surface area contributed by atoms with Gasteiger partial charge in [-0.2, -0.15) is 0 Å². The van der Waals surface area contributed by atoms with E-state index in [4.69, 9.17) is 9.47 Å². The van der Waals surface area contributed by atoms with E-state index in [1.165, 1.54) is 11.1 Å². The Balaban J connectivity index is 1.31. The van der Waals surface area contributed by atoms with Crippen LogP contribution in [-0.4, -0.2) is 42.3 Å². The lowest BCUT2D eigenvalue weighted by molar-refractivity contribution is -0.121. The Morgan fingerprint density at radius 3 is 2.82 bits per heavy atom. The molecule has 2 atom stereocenters. The van der Waals surface area contributed by atoms with E-state index in [0.29, 0.717) is 50.5 Å². The van der Waals surface area contributed by atoms with E-state index in [-0.39, 0.29) is 18.0 Å². The van der Waals surface area contributed by atoms with E-state index in [9.17, 15) is 9.59 Å². The maximum Gasteiger partial charge on any atom is 0.320 e. The van der Waals surface area contributed by atoms with Gasteiger partial charge in [-0.05, 0) is 45.2 Å². The van der Waals surface area contributed by atoms with E-state index in [1.54, 1.807) is 4.90 Å². The molecule has 0 aliphatic carbocycles. The minimum absolute atomic E-state index is 0.00361. The van der Waals surface area contributed by atoms with Crippen LogP contribution in [0.15, 0.2) is 42.5 Å². The van der Waals surface area contributed by atoms with Gasteiger partial charge in [0.25, 0.3) is 0 Å². The second-order valence-electron chi connectivity index (χ2n) is 8.93. The molecule has 2 aromatic rings. The second kappa shape index (κ2) is 9.73. The number of ether oxygens (including phenoxy) is 2. The molecule has 0 radical (unpaired) electrons. The summed E-state index contributed by atoms with van der Waals surface area (Å²) in [5.74, 6) is 1.38. The highest BCUT2D eigenvalue weighted by Gasteiger charge is 2.49. The van der Waals surface area contributed by atoms with Gasteiger partial charge in [0.2, 0.25) is 5.91 Å². The number of carbonyl (C=O) groups excluding carboxylic acids is 2. The lowest BCUT2D eigenvalue weighted by atomic mass is 9.90. The highest BCUT2D eigenvalue weighted by atomic mass is 16.5. The molecule has 33 heavy (non-hydrogen) atoms. The van der Waals surface area contributed by atoms with Crippen LogP contribution in [0.25, 0.3) is 0 Å². The number of aryl methyl sites for hydroxylation is 1. The van der Waals surface area contributed by atoms with Crippen LogP contribution in [0.1, 0.15) is 55.8 Å². The lowest BCUT2D eigenvalue weighted by Gasteiger charge is -2.51. The summed E-state index contributed by atoms with van der Waals surface area (Å²) in [5, 5.41) is 6.07. The molecule has 1 unspecified atom stereocenters. The van der Waals surface area contributed by atoms with E-state index in [2.05, 4.69) is 41.8 Å². The summed E-state index contributed by atoms with van der Waals surface area (Å²) in [6, 6.07) is 13.8. The first-order valence-electron chi connectivity index (χ1n) is 11.7. The van der Waals surface area contributed by atoms with Crippen LogP contribution >= 0.6 is 0 Å². The summed E-state index contributed by atoms with van der Waals surface area (Å²) in [4.78, 5) is 26.9. The van der Waals surface area contributed by atoms with Crippen molar-refractivity contribution in [2.24, 2.45) is 0 Å². The predicted octanol–water partition coefficient (Wildman–Crippen LogP) is 4.10. The van der Waals surface area contributed by atoms with Crippen LogP contribution in [0, 0.1) is 6.92 Å². The molecule has 7 heteroatoms. The van der Waals surface area contributed by atoms with Crippen molar-refractivity contribution < 1.29 is 19.1 Å². The molecule has 2 aliphatic rings. The van der Waals surface area contributed by atoms with Crippen molar-refractivity contribution in [2.45, 2.75) is 58.2 Å². The first-order chi connectivity index (χ1) is 15.9. The maximum atomic E-state index is 12.9. The number of hydrogen-bond donors (Lipinski definition) is 2. The zero-order valence-corrected chi connectivity index (χ0v) is 19.6. The third-order valence-corrected chi connectivity index (χ3v) is 6.35. The van der Waals surface area contributed by atoms with E-state index in [0.717, 1.165) is 12.0 Å². The number of rotatable bonds is 9. The van der Waals surface area contributed by atoms with Gasteiger partial charge in [0.15, 0.2) is 17.2 Å². The van der Waals surface area contributed by atoms with Crippen molar-refractivity contribution in [3.05, 3.63) is 59.2 Å². The molecule has 2 heterocycles. The van der Waals surface area contributed by atoms with Gasteiger partial charge < -0.3 is 20.1 Å². The second-order valence-corrected chi connectivity index (χ2v) is 8.93. The topological polar surface area (TPSA) is 79.9 Å². The Hall–Kier alpha value is -3.22. The Labute approximate surface area is 195 Å². The highest BCUT2D eigenvalue weighted by molar-refractivity contribution is 5.78. The third kappa shape index (κ3) is 5.07. The SMILES string of the molecule is CCOc1cccc2c1O[C@]1(C)CC2NC(=O)N1CCCC(=O)NCCc1ccc(C)cc1. The Morgan fingerprint density at radius 1 is 1.27 bits per heavy atom. The van der Waals surface area contributed by atoms with E-state index in [1.807, 2.05) is 32.0 Å². The highest BCUT2D eigenvalue weighted by Crippen LogP contribution is 2.48. The van der Waals surface area contributed by atoms with Crippen molar-refractivity contribution in [2.75, 3.05) is 19.7 Å². The lowest BCUT2D eigenvalue weighted by Crippen LogP contribution is -2.64. The normalized spacial score (nSPS) is 21.0. The molecule has 4 rings (SSSR count). The van der Waals surface area contributed by atoms with Crippen LogP contribution in [0.4, 0.5) is 4.79 Å². The Bertz CT molecular complexity index is 1010. The number of para-hydroxylation sites is 1. The zero-order chi connectivity index (χ0) is 23.4. The summed E-state index contributed by atoms with van der Waals surface area (Å²) in [6.45, 7) is 7.51. The van der Waals surface area contributed by atoms with Crippen LogP contribution in [0.2, 0.25) is 0 Å². The largest absolute Gasteiger partial charge is 0.490 e. The number of hydrogen-bond acceptors (Lipinski definition) is 4. The van der Waals surface area contributed by atoms with Gasteiger partial charge in [0.1, 0.15) is 0 Å². The first-order valence-corrected chi connectivity index (χ1v) is 11.7. The van der Waals surface area contributed by atoms with Gasteiger partial charge >= 0.3 is 6.03 Å². The molecule has 2 aromatic carbocycles. The van der Waals surface area contributed by atoms with Crippen LogP contribution in [0.5, 0.6) is 11.5 Å². The Morgan fingerprint density at radius 2 is 2.06 bits per heavy atom. The molecule has 3 amide bonds. The van der Waals surface area contributed by atoms with E-state index >= 15 is 0 Å². The number of carbonyl (C=O) groups is 2. The van der Waals surface area contributed by atoms with Gasteiger partial charge in [-0.25, -0.2) is 4.79 Å². The minimum atomic E-state index is -0.783. The summed E-state index contributed by atoms with van der Waals surface area (Å²) in [6.07, 6.45) is 2.37. The quantitative estimate of drug-likeness (QED) is 0.602. The number of fused-ring (bicyclic) bond motifs is 4. The van der Waals surface area contributed by atoms with Crippen molar-refractivity contribution in [1.82, 2.24) is 15.5 Å². The smallest absolute Gasteiger partial charge is 0.320 e. The molecular formula is C26H33N3O4. The number of nitrogens with one attached hydrogen (secondary N) is 2. The molecule has 0 saturated carbocycles.